The van der Waals surface area contributed by atoms with Gasteiger partial charge < -0.3 is 23.8 Å². The molecule has 0 N–H and O–H groups in total. The fraction of sp³-hybridized carbons (Fsp3) is 0.480. The molecule has 31 heavy (non-hydrogen) atoms. The first-order chi connectivity index (χ1) is 15.0. The summed E-state index contributed by atoms with van der Waals surface area (Å²) in [6, 6.07) is 13.7. The van der Waals surface area contributed by atoms with E-state index in [2.05, 4.69) is 30.9 Å². The lowest BCUT2D eigenvalue weighted by Crippen LogP contribution is -2.35. The van der Waals surface area contributed by atoms with E-state index >= 15 is 0 Å². The number of rotatable bonds is 13. The zero-order valence-electron chi connectivity index (χ0n) is 19.3. The Kier molecular flexibility index (Phi) is 10.2. The number of nitrogens with zero attached hydrogens (tertiary/aromatic N) is 1. The van der Waals surface area contributed by atoms with Crippen LogP contribution in [0.15, 0.2) is 42.5 Å². The molecule has 0 radical (unpaired) electrons. The van der Waals surface area contributed by atoms with E-state index in [4.69, 9.17) is 18.9 Å². The minimum absolute atomic E-state index is 0.348. The monoisotopic (exact) mass is 429 g/mol. The van der Waals surface area contributed by atoms with Crippen LogP contribution in [0.4, 0.5) is 0 Å². The Labute approximate surface area is 186 Å². The topological polar surface area (TPSA) is 57.2 Å². The molecule has 2 aromatic carbocycles. The average Bonchev–Trinajstić information content (AvgIpc) is 2.80. The van der Waals surface area contributed by atoms with Crippen LogP contribution in [0.3, 0.4) is 0 Å². The highest BCUT2D eigenvalue weighted by molar-refractivity contribution is 5.90. The highest BCUT2D eigenvalue weighted by atomic mass is 16.5. The predicted octanol–water partition coefficient (Wildman–Crippen LogP) is 4.60. The first-order valence-corrected chi connectivity index (χ1v) is 10.8. The van der Waals surface area contributed by atoms with Crippen molar-refractivity contribution < 1.29 is 23.7 Å². The van der Waals surface area contributed by atoms with Crippen molar-refractivity contribution in [1.29, 1.82) is 0 Å². The van der Waals surface area contributed by atoms with Crippen LogP contribution in [0.25, 0.3) is 0 Å². The third-order valence-corrected chi connectivity index (χ3v) is 5.39. The normalized spacial score (nSPS) is 11.8. The lowest BCUT2D eigenvalue weighted by atomic mass is 10.1. The summed E-state index contributed by atoms with van der Waals surface area (Å²) in [5, 5.41) is 0. The summed E-state index contributed by atoms with van der Waals surface area (Å²) < 4.78 is 21.2. The molecule has 1 unspecified atom stereocenters. The summed E-state index contributed by atoms with van der Waals surface area (Å²) in [6.45, 7) is 6.78. The van der Waals surface area contributed by atoms with Gasteiger partial charge in [-0.05, 0) is 75.2 Å². The molecular weight excluding hydrogens is 394 g/mol. The Balaban J connectivity index is 1.75. The molecule has 0 heterocycles. The molecule has 6 nitrogen and oxygen atoms in total. The van der Waals surface area contributed by atoms with E-state index in [0.717, 1.165) is 38.1 Å². The van der Waals surface area contributed by atoms with Crippen LogP contribution in [0.1, 0.15) is 42.6 Å². The number of ether oxygens (including phenoxy) is 4. The molecule has 2 aromatic rings. The maximum atomic E-state index is 12.3. The van der Waals surface area contributed by atoms with Crippen LogP contribution in [0, 0.1) is 0 Å². The van der Waals surface area contributed by atoms with Crippen molar-refractivity contribution >= 4 is 5.97 Å². The first-order valence-electron chi connectivity index (χ1n) is 10.8. The van der Waals surface area contributed by atoms with Gasteiger partial charge in [-0.3, -0.25) is 0 Å². The number of carbonyl (C=O) groups is 1. The maximum Gasteiger partial charge on any atom is 0.338 e. The average molecular weight is 430 g/mol. The van der Waals surface area contributed by atoms with Crippen LogP contribution in [-0.2, 0) is 11.2 Å². The number of methoxy groups -OCH3 is 3. The number of hydrogen-bond donors (Lipinski definition) is 0. The van der Waals surface area contributed by atoms with Crippen LogP contribution >= 0.6 is 0 Å². The lowest BCUT2D eigenvalue weighted by Gasteiger charge is -2.28. The number of hydrogen-bond acceptors (Lipinski definition) is 6. The molecule has 0 bridgehead atoms. The third kappa shape index (κ3) is 7.47. The van der Waals surface area contributed by atoms with Crippen molar-refractivity contribution in [1.82, 2.24) is 4.90 Å². The summed E-state index contributed by atoms with van der Waals surface area (Å²) in [7, 11) is 4.80. The summed E-state index contributed by atoms with van der Waals surface area (Å²) in [4.78, 5) is 14.7. The summed E-state index contributed by atoms with van der Waals surface area (Å²) in [5.41, 5.74) is 1.73. The molecule has 0 aromatic heterocycles. The van der Waals surface area contributed by atoms with Gasteiger partial charge in [0.15, 0.2) is 11.5 Å². The van der Waals surface area contributed by atoms with Crippen molar-refractivity contribution in [2.75, 3.05) is 41.0 Å². The molecule has 2 rings (SSSR count). The molecule has 0 amide bonds. The Morgan fingerprint density at radius 2 is 1.74 bits per heavy atom. The minimum Gasteiger partial charge on any atom is -0.497 e. The number of unbranched alkanes of at least 4 members (excludes halogenated alkanes) is 1. The van der Waals surface area contributed by atoms with E-state index in [1.807, 2.05) is 12.1 Å². The SMILES string of the molecule is CCN(CCCCOC(=O)c1ccc(OC)c(OC)c1)C(C)Cc1cccc(OC)c1. The molecule has 0 saturated heterocycles. The Hall–Kier alpha value is -2.73. The van der Waals surface area contributed by atoms with Gasteiger partial charge >= 0.3 is 5.97 Å². The van der Waals surface area contributed by atoms with E-state index < -0.39 is 0 Å². The van der Waals surface area contributed by atoms with Gasteiger partial charge in [-0.25, -0.2) is 4.79 Å². The summed E-state index contributed by atoms with van der Waals surface area (Å²) >= 11 is 0. The maximum absolute atomic E-state index is 12.3. The van der Waals surface area contributed by atoms with Crippen molar-refractivity contribution in [2.45, 2.75) is 39.2 Å². The van der Waals surface area contributed by atoms with Crippen molar-refractivity contribution in [3.8, 4) is 17.2 Å². The zero-order valence-corrected chi connectivity index (χ0v) is 19.3. The predicted molar refractivity (Wildman–Crippen MR) is 122 cm³/mol. The Morgan fingerprint density at radius 3 is 2.42 bits per heavy atom. The van der Waals surface area contributed by atoms with Crippen LogP contribution in [-0.4, -0.2) is 57.9 Å². The van der Waals surface area contributed by atoms with Crippen LogP contribution in [0.2, 0.25) is 0 Å². The highest BCUT2D eigenvalue weighted by Gasteiger charge is 2.14. The van der Waals surface area contributed by atoms with E-state index in [9.17, 15) is 4.79 Å². The zero-order chi connectivity index (χ0) is 22.6. The van der Waals surface area contributed by atoms with Gasteiger partial charge in [-0.1, -0.05) is 19.1 Å². The number of likely N-dealkylation sites (N-methyl/N-ethyl adjacent to an activating group) is 1. The van der Waals surface area contributed by atoms with Crippen molar-refractivity contribution in [3.05, 3.63) is 53.6 Å². The quantitative estimate of drug-likeness (QED) is 0.343. The van der Waals surface area contributed by atoms with Gasteiger partial charge in [0.1, 0.15) is 5.75 Å². The van der Waals surface area contributed by atoms with Gasteiger partial charge in [-0.2, -0.15) is 0 Å². The van der Waals surface area contributed by atoms with Crippen LogP contribution < -0.4 is 14.2 Å². The van der Waals surface area contributed by atoms with Crippen LogP contribution in [0.5, 0.6) is 17.2 Å². The van der Waals surface area contributed by atoms with Crippen molar-refractivity contribution in [3.63, 3.8) is 0 Å². The molecule has 1 atom stereocenters. The second-order valence-corrected chi connectivity index (χ2v) is 7.45. The smallest absolute Gasteiger partial charge is 0.338 e. The molecule has 0 saturated carbocycles. The number of esters is 1. The summed E-state index contributed by atoms with van der Waals surface area (Å²) in [5.74, 6) is 1.64. The lowest BCUT2D eigenvalue weighted by molar-refractivity contribution is 0.0493. The fourth-order valence-corrected chi connectivity index (χ4v) is 3.59. The standard InChI is InChI=1S/C25H35NO5/c1-6-26(19(2)16-20-10-9-11-22(17-20)28-3)14-7-8-15-31-25(27)21-12-13-23(29-4)24(18-21)30-5/h9-13,17-19H,6-8,14-16H2,1-5H3. The molecule has 0 fully saturated rings. The molecule has 6 heteroatoms. The fourth-order valence-electron chi connectivity index (χ4n) is 3.59. The van der Waals surface area contributed by atoms with Gasteiger partial charge in [0.2, 0.25) is 0 Å². The second-order valence-electron chi connectivity index (χ2n) is 7.45. The third-order valence-electron chi connectivity index (χ3n) is 5.39. The van der Waals surface area contributed by atoms with E-state index in [0.29, 0.717) is 29.7 Å². The van der Waals surface area contributed by atoms with Crippen molar-refractivity contribution in [2.24, 2.45) is 0 Å². The number of carbonyl (C=O) groups excluding carboxylic acids is 1. The molecule has 0 aliphatic rings. The first kappa shape index (κ1) is 24.5. The largest absolute Gasteiger partial charge is 0.497 e. The van der Waals surface area contributed by atoms with Gasteiger partial charge in [-0.15, -0.1) is 0 Å². The van der Waals surface area contributed by atoms with E-state index in [1.165, 1.54) is 5.56 Å². The summed E-state index contributed by atoms with van der Waals surface area (Å²) in [6.07, 6.45) is 2.76. The second kappa shape index (κ2) is 12.8. The molecule has 0 spiro atoms. The van der Waals surface area contributed by atoms with Gasteiger partial charge in [0.05, 0.1) is 33.5 Å². The minimum atomic E-state index is -0.348. The Morgan fingerprint density at radius 1 is 0.968 bits per heavy atom. The Bertz CT molecular complexity index is 823. The molecular formula is C25H35NO5. The highest BCUT2D eigenvalue weighted by Crippen LogP contribution is 2.27. The number of benzene rings is 2. The van der Waals surface area contributed by atoms with E-state index in [1.54, 1.807) is 39.5 Å². The molecule has 0 aliphatic carbocycles. The van der Waals surface area contributed by atoms with E-state index in [-0.39, 0.29) is 5.97 Å². The van der Waals surface area contributed by atoms with Gasteiger partial charge in [0, 0.05) is 6.04 Å². The van der Waals surface area contributed by atoms with Gasteiger partial charge in [0.25, 0.3) is 0 Å². The molecule has 170 valence electrons. The molecule has 0 aliphatic heterocycles.